The van der Waals surface area contributed by atoms with E-state index in [2.05, 4.69) is 6.58 Å². The van der Waals surface area contributed by atoms with E-state index >= 15 is 0 Å². The fourth-order valence-corrected chi connectivity index (χ4v) is 2.04. The molecule has 1 aromatic carbocycles. The summed E-state index contributed by atoms with van der Waals surface area (Å²) in [5, 5.41) is 10.1. The van der Waals surface area contributed by atoms with Crippen molar-refractivity contribution in [2.75, 3.05) is 19.7 Å². The lowest BCUT2D eigenvalue weighted by atomic mass is 9.85. The highest BCUT2D eigenvalue weighted by molar-refractivity contribution is 5.69. The molecule has 2 rings (SSSR count). The largest absolute Gasteiger partial charge is 0.445 e. The van der Waals surface area contributed by atoms with Crippen molar-refractivity contribution < 1.29 is 23.4 Å². The van der Waals surface area contributed by atoms with E-state index in [0.717, 1.165) is 17.0 Å². The molecule has 1 N–H and O–H groups in total. The molecule has 0 spiro atoms. The van der Waals surface area contributed by atoms with Gasteiger partial charge in [0.2, 0.25) is 0 Å². The van der Waals surface area contributed by atoms with Gasteiger partial charge < -0.3 is 14.7 Å². The average molecular weight is 269 g/mol. The minimum Gasteiger partial charge on any atom is -0.445 e. The lowest BCUT2D eigenvalue weighted by molar-refractivity contribution is -0.0972. The van der Waals surface area contributed by atoms with Gasteiger partial charge in [-0.15, -0.1) is 0 Å². The number of β-amino-alcohol motifs (C(OH)–C–C–N with tert-alkyl or cyclic N) is 1. The Hall–Kier alpha value is -1.95. The second-order valence-corrected chi connectivity index (χ2v) is 4.35. The van der Waals surface area contributed by atoms with E-state index in [1.54, 1.807) is 0 Å². The van der Waals surface area contributed by atoms with Crippen molar-refractivity contribution in [3.63, 3.8) is 0 Å². The molecule has 1 aromatic rings. The molecule has 0 aromatic heterocycles. The molecule has 0 bridgehead atoms. The number of aliphatic hydroxyl groups is 1. The minimum absolute atomic E-state index is 0.0435. The minimum atomic E-state index is -1.71. The summed E-state index contributed by atoms with van der Waals surface area (Å²) >= 11 is 0. The van der Waals surface area contributed by atoms with Gasteiger partial charge in [-0.25, -0.2) is 13.6 Å². The maximum absolute atomic E-state index is 13.5. The van der Waals surface area contributed by atoms with Crippen LogP contribution in [0.15, 0.2) is 30.9 Å². The Bertz CT molecular complexity index is 492. The molecule has 0 atom stereocenters. The van der Waals surface area contributed by atoms with Gasteiger partial charge in [0.1, 0.15) is 23.8 Å². The van der Waals surface area contributed by atoms with Crippen molar-refractivity contribution in [3.05, 3.63) is 48.1 Å². The molecule has 102 valence electrons. The monoisotopic (exact) mass is 269 g/mol. The molecule has 0 radical (unpaired) electrons. The quantitative estimate of drug-likeness (QED) is 0.851. The van der Waals surface area contributed by atoms with Crippen LogP contribution in [-0.4, -0.2) is 35.8 Å². The van der Waals surface area contributed by atoms with Crippen molar-refractivity contribution in [3.8, 4) is 0 Å². The van der Waals surface area contributed by atoms with E-state index in [-0.39, 0.29) is 19.7 Å². The first kappa shape index (κ1) is 13.5. The lowest BCUT2D eigenvalue weighted by Crippen LogP contribution is -2.62. The summed E-state index contributed by atoms with van der Waals surface area (Å²) in [6.45, 7) is 3.02. The Morgan fingerprint density at radius 1 is 1.47 bits per heavy atom. The second-order valence-electron chi connectivity index (χ2n) is 4.35. The van der Waals surface area contributed by atoms with E-state index in [1.165, 1.54) is 12.1 Å². The first-order valence-corrected chi connectivity index (χ1v) is 5.67. The molecule has 19 heavy (non-hydrogen) atoms. The van der Waals surface area contributed by atoms with Crippen LogP contribution in [0.25, 0.3) is 0 Å². The zero-order chi connectivity index (χ0) is 14.0. The highest BCUT2D eigenvalue weighted by atomic mass is 19.1. The van der Waals surface area contributed by atoms with Crippen molar-refractivity contribution in [1.82, 2.24) is 4.90 Å². The molecule has 0 aliphatic carbocycles. The fraction of sp³-hybridized carbons (Fsp3) is 0.308. The number of amides is 1. The molecule has 4 nitrogen and oxygen atoms in total. The zero-order valence-corrected chi connectivity index (χ0v) is 10.1. The number of hydrogen-bond donors (Lipinski definition) is 1. The molecule has 1 heterocycles. The van der Waals surface area contributed by atoms with E-state index < -0.39 is 28.9 Å². The standard InChI is InChI=1S/C13H13F2NO3/c1-2-6-19-12(17)16-7-13(18,8-16)11-9(14)4-3-5-10(11)15/h2-5,18H,1,6-8H2. The van der Waals surface area contributed by atoms with Crippen LogP contribution in [0, 0.1) is 11.6 Å². The number of carbonyl (C=O) groups excluding carboxylic acids is 1. The van der Waals surface area contributed by atoms with Crippen LogP contribution in [0.5, 0.6) is 0 Å². The molecule has 0 saturated carbocycles. The second kappa shape index (κ2) is 4.97. The number of likely N-dealkylation sites (tertiary alicyclic amines) is 1. The summed E-state index contributed by atoms with van der Waals surface area (Å²) in [6.07, 6.45) is 0.752. The van der Waals surface area contributed by atoms with Crippen molar-refractivity contribution in [2.24, 2.45) is 0 Å². The van der Waals surface area contributed by atoms with E-state index in [4.69, 9.17) is 4.74 Å². The van der Waals surface area contributed by atoms with Crippen LogP contribution in [0.1, 0.15) is 5.56 Å². The molecule has 1 aliphatic heterocycles. The highest BCUT2D eigenvalue weighted by Crippen LogP contribution is 2.35. The van der Waals surface area contributed by atoms with Gasteiger partial charge in [0.25, 0.3) is 0 Å². The van der Waals surface area contributed by atoms with E-state index in [9.17, 15) is 18.7 Å². The number of benzene rings is 1. The Balaban J connectivity index is 2.08. The summed E-state index contributed by atoms with van der Waals surface area (Å²) < 4.78 is 31.9. The molecule has 0 unspecified atom stereocenters. The van der Waals surface area contributed by atoms with Gasteiger partial charge in [-0.1, -0.05) is 18.7 Å². The van der Waals surface area contributed by atoms with Crippen LogP contribution in [0.3, 0.4) is 0 Å². The predicted octanol–water partition coefficient (Wildman–Crippen LogP) is 1.79. The third kappa shape index (κ3) is 2.44. The number of carbonyl (C=O) groups is 1. The highest BCUT2D eigenvalue weighted by Gasteiger charge is 2.48. The molecular weight excluding hydrogens is 256 g/mol. The first-order valence-electron chi connectivity index (χ1n) is 5.67. The third-order valence-corrected chi connectivity index (χ3v) is 2.92. The fourth-order valence-electron chi connectivity index (χ4n) is 2.04. The van der Waals surface area contributed by atoms with Gasteiger partial charge >= 0.3 is 6.09 Å². The summed E-state index contributed by atoms with van der Waals surface area (Å²) in [6, 6.07) is 3.34. The van der Waals surface area contributed by atoms with Gasteiger partial charge in [0.15, 0.2) is 0 Å². The number of hydrogen-bond acceptors (Lipinski definition) is 3. The van der Waals surface area contributed by atoms with E-state index in [0.29, 0.717) is 0 Å². The number of halogens is 2. The summed E-state index contributed by atoms with van der Waals surface area (Å²) in [4.78, 5) is 12.6. The maximum Gasteiger partial charge on any atom is 0.410 e. The molecule has 6 heteroatoms. The molecule has 1 fully saturated rings. The number of nitrogens with zero attached hydrogens (tertiary/aromatic N) is 1. The maximum atomic E-state index is 13.5. The molecule has 1 aliphatic rings. The van der Waals surface area contributed by atoms with Crippen molar-refractivity contribution >= 4 is 6.09 Å². The SMILES string of the molecule is C=CCOC(=O)N1CC(O)(c2c(F)cccc2F)C1. The van der Waals surface area contributed by atoms with Crippen molar-refractivity contribution in [1.29, 1.82) is 0 Å². The van der Waals surface area contributed by atoms with Gasteiger partial charge in [-0.2, -0.15) is 0 Å². The Morgan fingerprint density at radius 3 is 2.58 bits per heavy atom. The summed E-state index contributed by atoms with van der Waals surface area (Å²) in [5.74, 6) is -1.66. The topological polar surface area (TPSA) is 49.8 Å². The number of ether oxygens (including phenoxy) is 1. The molecular formula is C13H13F2NO3. The average Bonchev–Trinajstić information content (AvgIpc) is 2.32. The Morgan fingerprint density at radius 2 is 2.05 bits per heavy atom. The Labute approximate surface area is 108 Å². The van der Waals surface area contributed by atoms with Crippen LogP contribution in [0.4, 0.5) is 13.6 Å². The van der Waals surface area contributed by atoms with Crippen LogP contribution < -0.4 is 0 Å². The summed E-state index contributed by atoms with van der Waals surface area (Å²) in [7, 11) is 0. The predicted molar refractivity (Wildman–Crippen MR) is 63.4 cm³/mol. The number of rotatable bonds is 3. The van der Waals surface area contributed by atoms with Crippen LogP contribution >= 0.6 is 0 Å². The van der Waals surface area contributed by atoms with Gasteiger partial charge in [-0.05, 0) is 12.1 Å². The van der Waals surface area contributed by atoms with Gasteiger partial charge in [0.05, 0.1) is 18.7 Å². The van der Waals surface area contributed by atoms with Crippen LogP contribution in [0.2, 0.25) is 0 Å². The lowest BCUT2D eigenvalue weighted by Gasteiger charge is -2.45. The molecule has 1 amide bonds. The molecule has 1 saturated heterocycles. The Kier molecular flexibility index (Phi) is 3.53. The summed E-state index contributed by atoms with van der Waals surface area (Å²) in [5.41, 5.74) is -2.12. The van der Waals surface area contributed by atoms with Gasteiger partial charge in [-0.3, -0.25) is 0 Å². The van der Waals surface area contributed by atoms with Crippen molar-refractivity contribution in [2.45, 2.75) is 5.60 Å². The normalized spacial score (nSPS) is 16.7. The van der Waals surface area contributed by atoms with Crippen LogP contribution in [-0.2, 0) is 10.3 Å². The third-order valence-electron chi connectivity index (χ3n) is 2.92. The zero-order valence-electron chi connectivity index (χ0n) is 10.1. The smallest absolute Gasteiger partial charge is 0.410 e. The van der Waals surface area contributed by atoms with Gasteiger partial charge in [0, 0.05) is 0 Å². The van der Waals surface area contributed by atoms with E-state index in [1.807, 2.05) is 0 Å². The first-order chi connectivity index (χ1) is 8.98.